The number of likely N-dealkylation sites (tertiary alicyclic amines) is 1. The first-order valence-corrected chi connectivity index (χ1v) is 7.33. The minimum absolute atomic E-state index is 0.905. The van der Waals surface area contributed by atoms with Crippen molar-refractivity contribution < 1.29 is 0 Å². The van der Waals surface area contributed by atoms with Gasteiger partial charge in [-0.05, 0) is 69.5 Å². The molecule has 1 saturated carbocycles. The summed E-state index contributed by atoms with van der Waals surface area (Å²) in [6.07, 6.45) is 9.00. The van der Waals surface area contributed by atoms with Gasteiger partial charge in [0.2, 0.25) is 0 Å². The van der Waals surface area contributed by atoms with Crippen LogP contribution in [0.4, 0.5) is 0 Å². The van der Waals surface area contributed by atoms with Crippen molar-refractivity contribution in [3.05, 3.63) is 0 Å². The second-order valence-corrected chi connectivity index (χ2v) is 6.71. The van der Waals surface area contributed by atoms with Gasteiger partial charge in [-0.1, -0.05) is 26.7 Å². The zero-order chi connectivity index (χ0) is 11.5. The van der Waals surface area contributed by atoms with Gasteiger partial charge in [-0.15, -0.1) is 0 Å². The predicted octanol–water partition coefficient (Wildman–Crippen LogP) is 3.79. The molecule has 1 heterocycles. The highest BCUT2D eigenvalue weighted by Crippen LogP contribution is 2.44. The largest absolute Gasteiger partial charge is 0.306 e. The minimum atomic E-state index is 0.905. The lowest BCUT2D eigenvalue weighted by Gasteiger charge is -2.43. The maximum absolute atomic E-state index is 2.49. The van der Waals surface area contributed by atoms with Crippen molar-refractivity contribution in [2.45, 2.75) is 52.4 Å². The van der Waals surface area contributed by atoms with Crippen molar-refractivity contribution in [1.29, 1.82) is 0 Å². The van der Waals surface area contributed by atoms with E-state index < -0.39 is 0 Å². The fourth-order valence-electron chi connectivity index (χ4n) is 3.48. The van der Waals surface area contributed by atoms with Crippen LogP contribution < -0.4 is 0 Å². The average molecular weight is 223 g/mol. The highest BCUT2D eigenvalue weighted by molar-refractivity contribution is 4.86. The molecule has 1 aliphatic carbocycles. The van der Waals surface area contributed by atoms with E-state index in [1.54, 1.807) is 12.8 Å². The first-order valence-electron chi connectivity index (χ1n) is 7.33. The zero-order valence-corrected chi connectivity index (χ0v) is 11.4. The predicted molar refractivity (Wildman–Crippen MR) is 70.5 cm³/mol. The molecule has 16 heavy (non-hydrogen) atoms. The van der Waals surface area contributed by atoms with Crippen molar-refractivity contribution in [1.82, 2.24) is 4.90 Å². The Morgan fingerprint density at radius 2 is 1.69 bits per heavy atom. The molecule has 0 N–H and O–H groups in total. The van der Waals surface area contributed by atoms with Gasteiger partial charge in [-0.25, -0.2) is 0 Å². The summed E-state index contributed by atoms with van der Waals surface area (Å²) in [6.45, 7) is 7.40. The summed E-state index contributed by atoms with van der Waals surface area (Å²) < 4.78 is 0. The van der Waals surface area contributed by atoms with E-state index in [0.717, 1.165) is 23.7 Å². The maximum atomic E-state index is 2.49. The standard InChI is InChI=1S/C15H29N/c1-12(2)4-5-13-10-15(11-13)14-6-8-16(3)9-7-14/h12-15H,4-11H2,1-3H3. The van der Waals surface area contributed by atoms with Gasteiger partial charge >= 0.3 is 0 Å². The molecule has 2 aliphatic rings. The van der Waals surface area contributed by atoms with Crippen molar-refractivity contribution in [2.75, 3.05) is 20.1 Å². The van der Waals surface area contributed by atoms with Crippen LogP contribution in [0.25, 0.3) is 0 Å². The summed E-state index contributed by atoms with van der Waals surface area (Å²) >= 11 is 0. The fourth-order valence-corrected chi connectivity index (χ4v) is 3.48. The molecule has 2 fully saturated rings. The van der Waals surface area contributed by atoms with Crippen LogP contribution in [0.5, 0.6) is 0 Å². The Morgan fingerprint density at radius 1 is 1.06 bits per heavy atom. The Kier molecular flexibility index (Phi) is 4.29. The first-order chi connectivity index (χ1) is 7.65. The highest BCUT2D eigenvalue weighted by Gasteiger charge is 2.35. The van der Waals surface area contributed by atoms with Gasteiger partial charge in [0.15, 0.2) is 0 Å². The highest BCUT2D eigenvalue weighted by atomic mass is 15.1. The SMILES string of the molecule is CC(C)CCC1CC(C2CCN(C)CC2)C1. The van der Waals surface area contributed by atoms with E-state index in [4.69, 9.17) is 0 Å². The molecular weight excluding hydrogens is 194 g/mol. The molecule has 1 heteroatoms. The van der Waals surface area contributed by atoms with Crippen LogP contribution in [0, 0.1) is 23.7 Å². The van der Waals surface area contributed by atoms with Crippen molar-refractivity contribution in [3.63, 3.8) is 0 Å². The maximum Gasteiger partial charge on any atom is -0.00190 e. The first kappa shape index (κ1) is 12.4. The van der Waals surface area contributed by atoms with E-state index in [-0.39, 0.29) is 0 Å². The van der Waals surface area contributed by atoms with Crippen LogP contribution in [-0.4, -0.2) is 25.0 Å². The summed E-state index contributed by atoms with van der Waals surface area (Å²) in [4.78, 5) is 2.49. The molecule has 0 aromatic heterocycles. The molecule has 2 rings (SSSR count). The molecule has 0 aromatic carbocycles. The third kappa shape index (κ3) is 3.23. The van der Waals surface area contributed by atoms with E-state index in [9.17, 15) is 0 Å². The molecule has 1 saturated heterocycles. The molecular formula is C15H29N. The van der Waals surface area contributed by atoms with Crippen LogP contribution in [0.1, 0.15) is 52.4 Å². The molecule has 0 radical (unpaired) electrons. The molecule has 94 valence electrons. The summed E-state index contributed by atoms with van der Waals surface area (Å²) in [7, 11) is 2.27. The van der Waals surface area contributed by atoms with Crippen LogP contribution in [0.3, 0.4) is 0 Å². The van der Waals surface area contributed by atoms with Gasteiger partial charge in [-0.2, -0.15) is 0 Å². The van der Waals surface area contributed by atoms with Crippen molar-refractivity contribution in [2.24, 2.45) is 23.7 Å². The molecule has 0 amide bonds. The number of hydrogen-bond acceptors (Lipinski definition) is 1. The third-order valence-electron chi connectivity index (χ3n) is 4.85. The van der Waals surface area contributed by atoms with E-state index in [0.29, 0.717) is 0 Å². The zero-order valence-electron chi connectivity index (χ0n) is 11.4. The number of nitrogens with zero attached hydrogens (tertiary/aromatic N) is 1. The molecule has 0 atom stereocenters. The van der Waals surface area contributed by atoms with Gasteiger partial charge in [-0.3, -0.25) is 0 Å². The second kappa shape index (κ2) is 5.53. The number of rotatable bonds is 4. The second-order valence-electron chi connectivity index (χ2n) is 6.71. The Hall–Kier alpha value is -0.0400. The molecule has 1 aliphatic heterocycles. The lowest BCUT2D eigenvalue weighted by atomic mass is 9.64. The summed E-state index contributed by atoms with van der Waals surface area (Å²) in [5.74, 6) is 4.17. The van der Waals surface area contributed by atoms with Gasteiger partial charge in [0.1, 0.15) is 0 Å². The van der Waals surface area contributed by atoms with Gasteiger partial charge in [0.05, 0.1) is 0 Å². The van der Waals surface area contributed by atoms with Crippen LogP contribution in [0.15, 0.2) is 0 Å². The quantitative estimate of drug-likeness (QED) is 0.701. The van der Waals surface area contributed by atoms with Crippen molar-refractivity contribution >= 4 is 0 Å². The summed E-state index contributed by atoms with van der Waals surface area (Å²) in [6, 6.07) is 0. The Morgan fingerprint density at radius 3 is 2.25 bits per heavy atom. The minimum Gasteiger partial charge on any atom is -0.306 e. The van der Waals surface area contributed by atoms with Crippen LogP contribution in [0.2, 0.25) is 0 Å². The third-order valence-corrected chi connectivity index (χ3v) is 4.85. The van der Waals surface area contributed by atoms with Gasteiger partial charge in [0.25, 0.3) is 0 Å². The summed E-state index contributed by atoms with van der Waals surface area (Å²) in [5.41, 5.74) is 0. The topological polar surface area (TPSA) is 3.24 Å². The average Bonchev–Trinajstić information content (AvgIpc) is 2.18. The lowest BCUT2D eigenvalue weighted by molar-refractivity contribution is 0.0698. The normalized spacial score (nSPS) is 33.0. The van der Waals surface area contributed by atoms with E-state index >= 15 is 0 Å². The Labute approximate surface area is 102 Å². The van der Waals surface area contributed by atoms with Crippen molar-refractivity contribution in [3.8, 4) is 0 Å². The summed E-state index contributed by atoms with van der Waals surface area (Å²) in [5, 5.41) is 0. The molecule has 0 spiro atoms. The molecule has 0 bridgehead atoms. The van der Waals surface area contributed by atoms with E-state index in [1.165, 1.54) is 38.8 Å². The fraction of sp³-hybridized carbons (Fsp3) is 1.00. The molecule has 0 unspecified atom stereocenters. The molecule has 1 nitrogen and oxygen atoms in total. The number of piperidine rings is 1. The van der Waals surface area contributed by atoms with Crippen LogP contribution in [-0.2, 0) is 0 Å². The molecule has 0 aromatic rings. The monoisotopic (exact) mass is 223 g/mol. The Balaban J connectivity index is 1.61. The van der Waals surface area contributed by atoms with E-state index in [2.05, 4.69) is 25.8 Å². The van der Waals surface area contributed by atoms with Gasteiger partial charge in [0, 0.05) is 0 Å². The van der Waals surface area contributed by atoms with Crippen LogP contribution >= 0.6 is 0 Å². The smallest absolute Gasteiger partial charge is 0.00190 e. The van der Waals surface area contributed by atoms with Gasteiger partial charge < -0.3 is 4.90 Å². The number of hydrogen-bond donors (Lipinski definition) is 0. The Bertz CT molecular complexity index is 197. The lowest BCUT2D eigenvalue weighted by Crippen LogP contribution is -2.38. The van der Waals surface area contributed by atoms with E-state index in [1.807, 2.05) is 0 Å².